The van der Waals surface area contributed by atoms with E-state index in [1.807, 2.05) is 56.4 Å². The number of rotatable bonds is 4. The van der Waals surface area contributed by atoms with E-state index in [0.29, 0.717) is 0 Å². The molecule has 0 saturated heterocycles. The minimum absolute atomic E-state index is 0.0105. The van der Waals surface area contributed by atoms with Gasteiger partial charge in [-0.05, 0) is 31.2 Å². The molecule has 0 saturated carbocycles. The molecule has 0 aliphatic carbocycles. The Morgan fingerprint density at radius 1 is 1.15 bits per heavy atom. The third-order valence-electron chi connectivity index (χ3n) is 3.43. The summed E-state index contributed by atoms with van der Waals surface area (Å²) in [4.78, 5) is 8.28. The number of likely N-dealkylation sites (N-methyl/N-ethyl adjacent to an activating group) is 1. The van der Waals surface area contributed by atoms with Gasteiger partial charge in [0.15, 0.2) is 0 Å². The van der Waals surface area contributed by atoms with Gasteiger partial charge in [-0.15, -0.1) is 0 Å². The molecule has 0 amide bonds. The molecule has 0 aromatic heterocycles. The first-order valence-corrected chi connectivity index (χ1v) is 6.66. The molecule has 1 aromatic rings. The van der Waals surface area contributed by atoms with Gasteiger partial charge in [-0.3, -0.25) is 4.99 Å². The van der Waals surface area contributed by atoms with E-state index >= 15 is 0 Å². The molecule has 0 fully saturated rings. The second-order valence-electron chi connectivity index (χ2n) is 4.90. The van der Waals surface area contributed by atoms with Crippen molar-refractivity contribution in [3.8, 4) is 0 Å². The number of aliphatic hydroxyl groups excluding tert-OH is 1. The van der Waals surface area contributed by atoms with E-state index in [2.05, 4.69) is 28.1 Å². The summed E-state index contributed by atoms with van der Waals surface area (Å²) in [6.07, 6.45) is 8.05. The van der Waals surface area contributed by atoms with Crippen molar-refractivity contribution in [3.05, 3.63) is 48.7 Å². The van der Waals surface area contributed by atoms with Crippen LogP contribution < -0.4 is 9.80 Å². The van der Waals surface area contributed by atoms with Gasteiger partial charge < -0.3 is 14.9 Å². The third kappa shape index (κ3) is 3.08. The number of para-hydroxylation sites is 2. The van der Waals surface area contributed by atoms with Gasteiger partial charge >= 0.3 is 0 Å². The van der Waals surface area contributed by atoms with Gasteiger partial charge in [0.25, 0.3) is 0 Å². The number of hydrogen-bond acceptors (Lipinski definition) is 4. The molecule has 1 N–H and O–H groups in total. The lowest BCUT2D eigenvalue weighted by Gasteiger charge is -2.30. The predicted molar refractivity (Wildman–Crippen MR) is 85.5 cm³/mol. The molecule has 1 aliphatic rings. The molecule has 0 bridgehead atoms. The highest BCUT2D eigenvalue weighted by Crippen LogP contribution is 2.29. The molecule has 1 aromatic carbocycles. The Morgan fingerprint density at radius 2 is 1.85 bits per heavy atom. The van der Waals surface area contributed by atoms with Crippen LogP contribution in [0.2, 0.25) is 0 Å². The molecule has 0 radical (unpaired) electrons. The smallest absolute Gasteiger partial charge is 0.115 e. The lowest BCUT2D eigenvalue weighted by molar-refractivity contribution is 0.298. The summed E-state index contributed by atoms with van der Waals surface area (Å²) in [7, 11) is 3.92. The van der Waals surface area contributed by atoms with Crippen LogP contribution in [0.1, 0.15) is 6.92 Å². The van der Waals surface area contributed by atoms with Gasteiger partial charge in [-0.2, -0.15) is 0 Å². The molecule has 1 atom stereocenters. The second kappa shape index (κ2) is 6.39. The number of nitrogens with zero attached hydrogens (tertiary/aromatic N) is 3. The maximum absolute atomic E-state index is 9.35. The highest BCUT2D eigenvalue weighted by atomic mass is 16.3. The zero-order valence-corrected chi connectivity index (χ0v) is 12.2. The van der Waals surface area contributed by atoms with Crippen LogP contribution in [-0.2, 0) is 0 Å². The number of allylic oxidation sites excluding steroid dienone is 1. The van der Waals surface area contributed by atoms with Crippen LogP contribution in [0, 0.1) is 0 Å². The molecule has 0 spiro atoms. The van der Waals surface area contributed by atoms with E-state index in [-0.39, 0.29) is 12.8 Å². The van der Waals surface area contributed by atoms with E-state index in [9.17, 15) is 5.11 Å². The van der Waals surface area contributed by atoms with Gasteiger partial charge in [0.1, 0.15) is 6.73 Å². The summed E-state index contributed by atoms with van der Waals surface area (Å²) in [6.45, 7) is 1.97. The molecular weight excluding hydrogens is 250 g/mol. The van der Waals surface area contributed by atoms with Crippen molar-refractivity contribution in [2.24, 2.45) is 4.99 Å². The maximum Gasteiger partial charge on any atom is 0.115 e. The van der Waals surface area contributed by atoms with Gasteiger partial charge in [0.2, 0.25) is 0 Å². The van der Waals surface area contributed by atoms with E-state index in [4.69, 9.17) is 0 Å². The Kier molecular flexibility index (Phi) is 4.58. The van der Waals surface area contributed by atoms with Crippen LogP contribution in [0.4, 0.5) is 11.4 Å². The fraction of sp³-hybridized carbons (Fsp3) is 0.312. The van der Waals surface area contributed by atoms with Crippen LogP contribution in [-0.4, -0.2) is 37.7 Å². The number of hydrogen-bond donors (Lipinski definition) is 1. The Bertz CT molecular complexity index is 548. The van der Waals surface area contributed by atoms with Crippen molar-refractivity contribution in [3.63, 3.8) is 0 Å². The van der Waals surface area contributed by atoms with Crippen LogP contribution in [0.15, 0.2) is 53.7 Å². The molecule has 20 heavy (non-hydrogen) atoms. The SMILES string of the molecule is CC1=NC=CC(N(C)c2ccccc2N(C)CO)C=C1. The van der Waals surface area contributed by atoms with Crippen molar-refractivity contribution < 1.29 is 5.11 Å². The lowest BCUT2D eigenvalue weighted by Crippen LogP contribution is -2.30. The normalized spacial score (nSPS) is 17.6. The predicted octanol–water partition coefficient (Wildman–Crippen LogP) is 2.42. The summed E-state index contributed by atoms with van der Waals surface area (Å²) >= 11 is 0. The molecule has 2 rings (SSSR count). The molecule has 106 valence electrons. The summed E-state index contributed by atoms with van der Waals surface area (Å²) in [5.74, 6) is 0. The zero-order valence-electron chi connectivity index (χ0n) is 12.2. The quantitative estimate of drug-likeness (QED) is 0.855. The first kappa shape index (κ1) is 14.3. The second-order valence-corrected chi connectivity index (χ2v) is 4.90. The average molecular weight is 271 g/mol. The summed E-state index contributed by atoms with van der Waals surface area (Å²) in [5, 5.41) is 9.35. The van der Waals surface area contributed by atoms with Gasteiger partial charge in [0.05, 0.1) is 17.4 Å². The monoisotopic (exact) mass is 271 g/mol. The van der Waals surface area contributed by atoms with Crippen molar-refractivity contribution in [1.29, 1.82) is 0 Å². The summed E-state index contributed by atoms with van der Waals surface area (Å²) in [5.41, 5.74) is 3.07. The molecule has 4 nitrogen and oxygen atoms in total. The molecular formula is C16H21N3O. The average Bonchev–Trinajstić information content (AvgIpc) is 2.70. The molecule has 1 aliphatic heterocycles. The fourth-order valence-corrected chi connectivity index (χ4v) is 2.17. The van der Waals surface area contributed by atoms with E-state index < -0.39 is 0 Å². The van der Waals surface area contributed by atoms with Crippen molar-refractivity contribution >= 4 is 17.1 Å². The Balaban J connectivity index is 2.30. The molecule has 4 heteroatoms. The Morgan fingerprint density at radius 3 is 2.55 bits per heavy atom. The van der Waals surface area contributed by atoms with E-state index in [1.165, 1.54) is 0 Å². The minimum Gasteiger partial charge on any atom is -0.376 e. The van der Waals surface area contributed by atoms with Crippen LogP contribution >= 0.6 is 0 Å². The number of aliphatic imine (C=N–C) groups is 1. The van der Waals surface area contributed by atoms with Gasteiger partial charge in [-0.25, -0.2) is 0 Å². The van der Waals surface area contributed by atoms with Crippen molar-refractivity contribution in [2.75, 3.05) is 30.6 Å². The summed E-state index contributed by atoms with van der Waals surface area (Å²) < 4.78 is 0. The van der Waals surface area contributed by atoms with Crippen LogP contribution in [0.3, 0.4) is 0 Å². The van der Waals surface area contributed by atoms with Crippen LogP contribution in [0.5, 0.6) is 0 Å². The van der Waals surface area contributed by atoms with Crippen LogP contribution in [0.25, 0.3) is 0 Å². The highest BCUT2D eigenvalue weighted by Gasteiger charge is 2.15. The Hall–Kier alpha value is -2.07. The van der Waals surface area contributed by atoms with E-state index in [1.54, 1.807) is 0 Å². The zero-order chi connectivity index (χ0) is 14.5. The third-order valence-corrected chi connectivity index (χ3v) is 3.43. The first-order chi connectivity index (χ1) is 9.63. The highest BCUT2D eigenvalue weighted by molar-refractivity contribution is 5.93. The van der Waals surface area contributed by atoms with Gasteiger partial charge in [0, 0.05) is 26.0 Å². The standard InChI is InChI=1S/C16H21N3O/c1-13-8-9-14(10-11-17-13)19(3)16-7-5-4-6-15(16)18(2)12-20/h4-11,14,20H,12H2,1-3H3. The van der Waals surface area contributed by atoms with E-state index in [0.717, 1.165) is 17.1 Å². The molecule has 1 unspecified atom stereocenters. The topological polar surface area (TPSA) is 39.1 Å². The number of benzene rings is 1. The minimum atomic E-state index is -0.0105. The fourth-order valence-electron chi connectivity index (χ4n) is 2.17. The molecule has 1 heterocycles. The summed E-state index contributed by atoms with van der Waals surface area (Å²) in [6, 6.07) is 8.19. The lowest BCUT2D eigenvalue weighted by atomic mass is 10.1. The van der Waals surface area contributed by atoms with Gasteiger partial charge in [-0.1, -0.05) is 18.2 Å². The largest absolute Gasteiger partial charge is 0.376 e. The van der Waals surface area contributed by atoms with Crippen molar-refractivity contribution in [2.45, 2.75) is 13.0 Å². The number of anilines is 2. The van der Waals surface area contributed by atoms with Crippen molar-refractivity contribution in [1.82, 2.24) is 0 Å². The number of aliphatic hydroxyl groups is 1. The first-order valence-electron chi connectivity index (χ1n) is 6.66. The maximum atomic E-state index is 9.35. The Labute approximate surface area is 120 Å².